The van der Waals surface area contributed by atoms with Crippen molar-refractivity contribution in [1.29, 1.82) is 0 Å². The fourth-order valence-corrected chi connectivity index (χ4v) is 4.27. The van der Waals surface area contributed by atoms with E-state index in [0.717, 1.165) is 48.1 Å². The van der Waals surface area contributed by atoms with E-state index in [1.165, 1.54) is 12.1 Å². The van der Waals surface area contributed by atoms with Gasteiger partial charge in [0, 0.05) is 5.41 Å². The molecule has 36 heavy (non-hydrogen) atoms. The normalized spacial score (nSPS) is 11.4. The van der Waals surface area contributed by atoms with E-state index in [-0.39, 0.29) is 18.6 Å². The minimum absolute atomic E-state index is 0.0296. The highest BCUT2D eigenvalue weighted by atomic mass is 19.1. The van der Waals surface area contributed by atoms with Crippen LogP contribution < -0.4 is 14.2 Å². The summed E-state index contributed by atoms with van der Waals surface area (Å²) in [5.74, 6) is -0.355. The van der Waals surface area contributed by atoms with E-state index in [2.05, 4.69) is 27.7 Å². The lowest BCUT2D eigenvalue weighted by Gasteiger charge is -2.30. The number of hydrogen-bond donors (Lipinski definition) is 0. The summed E-state index contributed by atoms with van der Waals surface area (Å²) in [7, 11) is 0. The fourth-order valence-electron chi connectivity index (χ4n) is 4.27. The highest BCUT2D eigenvalue weighted by Gasteiger charge is 2.25. The minimum atomic E-state index is -0.739. The van der Waals surface area contributed by atoms with E-state index >= 15 is 0 Å². The summed E-state index contributed by atoms with van der Waals surface area (Å²) in [5.41, 5.74) is 3.50. The largest absolute Gasteiger partial charge is 0.493 e. The molecule has 3 nitrogen and oxygen atoms in total. The Morgan fingerprint density at radius 3 is 1.89 bits per heavy atom. The average Bonchev–Trinajstić information content (AvgIpc) is 2.89. The molecule has 0 atom stereocenters. The molecule has 0 heterocycles. The maximum atomic E-state index is 14.8. The molecule has 3 aromatic carbocycles. The van der Waals surface area contributed by atoms with Gasteiger partial charge in [-0.3, -0.25) is 0 Å². The number of aryl methyl sites for hydroxylation is 2. The van der Waals surface area contributed by atoms with E-state index in [1.54, 1.807) is 0 Å². The Hall–Kier alpha value is -3.08. The second-order valence-corrected chi connectivity index (χ2v) is 9.30. The van der Waals surface area contributed by atoms with Crippen LogP contribution in [-0.4, -0.2) is 19.8 Å². The summed E-state index contributed by atoms with van der Waals surface area (Å²) in [6.07, 6.45) is 3.94. The van der Waals surface area contributed by atoms with Gasteiger partial charge in [0.1, 0.15) is 24.7 Å². The zero-order chi connectivity index (χ0) is 26.1. The van der Waals surface area contributed by atoms with Gasteiger partial charge >= 0.3 is 0 Å². The first-order valence-electron chi connectivity index (χ1n) is 12.9. The summed E-state index contributed by atoms with van der Waals surface area (Å²) >= 11 is 0. The Balaban J connectivity index is 1.68. The van der Waals surface area contributed by atoms with Crippen molar-refractivity contribution < 1.29 is 23.0 Å². The number of halogens is 2. The van der Waals surface area contributed by atoms with Crippen LogP contribution in [0.25, 0.3) is 11.1 Å². The van der Waals surface area contributed by atoms with E-state index in [0.29, 0.717) is 17.9 Å². The minimum Gasteiger partial charge on any atom is -0.493 e. The van der Waals surface area contributed by atoms with Crippen LogP contribution in [0.1, 0.15) is 58.1 Å². The molecule has 0 spiro atoms. The molecule has 3 aromatic rings. The average molecular weight is 497 g/mol. The lowest BCUT2D eigenvalue weighted by atomic mass is 9.81. The van der Waals surface area contributed by atoms with Gasteiger partial charge in [-0.05, 0) is 85.7 Å². The fraction of sp³-hybridized carbons (Fsp3) is 0.419. The Morgan fingerprint density at radius 1 is 0.694 bits per heavy atom. The van der Waals surface area contributed by atoms with Gasteiger partial charge in [-0.1, -0.05) is 51.5 Å². The van der Waals surface area contributed by atoms with Crippen molar-refractivity contribution in [3.63, 3.8) is 0 Å². The van der Waals surface area contributed by atoms with Crippen LogP contribution >= 0.6 is 0 Å². The van der Waals surface area contributed by atoms with Crippen molar-refractivity contribution in [2.75, 3.05) is 19.8 Å². The summed E-state index contributed by atoms with van der Waals surface area (Å²) in [5, 5.41) is 0. The number of rotatable bonds is 13. The maximum Gasteiger partial charge on any atom is 0.190 e. The molecular formula is C31H38F2O3. The molecule has 0 amide bonds. The van der Waals surface area contributed by atoms with Crippen molar-refractivity contribution in [3.8, 4) is 28.4 Å². The third-order valence-corrected chi connectivity index (χ3v) is 7.18. The Bertz CT molecular complexity index is 1090. The highest BCUT2D eigenvalue weighted by Crippen LogP contribution is 2.35. The SMILES string of the molecule is CCc1cc(-c2cc(F)c(OCCOc3ccc(C)cc3)c(F)c2)ccc1OCC(CC)(CC)CC. The second kappa shape index (κ2) is 12.8. The molecule has 0 aliphatic carbocycles. The van der Waals surface area contributed by atoms with Gasteiger partial charge in [-0.2, -0.15) is 0 Å². The molecule has 3 rings (SSSR count). The molecule has 0 unspecified atom stereocenters. The van der Waals surface area contributed by atoms with Crippen molar-refractivity contribution in [3.05, 3.63) is 77.4 Å². The first-order chi connectivity index (χ1) is 17.3. The molecule has 0 N–H and O–H groups in total. The van der Waals surface area contributed by atoms with Crippen LogP contribution in [0.5, 0.6) is 17.2 Å². The molecule has 194 valence electrons. The van der Waals surface area contributed by atoms with E-state index < -0.39 is 17.4 Å². The smallest absolute Gasteiger partial charge is 0.190 e. The zero-order valence-corrected chi connectivity index (χ0v) is 22.1. The summed E-state index contributed by atoms with van der Waals surface area (Å²) < 4.78 is 46.8. The zero-order valence-electron chi connectivity index (χ0n) is 22.1. The molecule has 0 fully saturated rings. The van der Waals surface area contributed by atoms with Gasteiger partial charge < -0.3 is 14.2 Å². The monoisotopic (exact) mass is 496 g/mol. The van der Waals surface area contributed by atoms with Crippen LogP contribution in [0.2, 0.25) is 0 Å². The first-order valence-corrected chi connectivity index (χ1v) is 12.9. The molecular weight excluding hydrogens is 458 g/mol. The number of ether oxygens (including phenoxy) is 3. The van der Waals surface area contributed by atoms with E-state index in [9.17, 15) is 8.78 Å². The third-order valence-electron chi connectivity index (χ3n) is 7.18. The van der Waals surface area contributed by atoms with Gasteiger partial charge in [0.05, 0.1) is 6.61 Å². The second-order valence-electron chi connectivity index (χ2n) is 9.30. The van der Waals surface area contributed by atoms with Crippen molar-refractivity contribution in [2.45, 2.75) is 60.3 Å². The summed E-state index contributed by atoms with van der Waals surface area (Å²) in [6.45, 7) is 11.5. The predicted octanol–water partition coefficient (Wildman–Crippen LogP) is 8.56. The predicted molar refractivity (Wildman–Crippen MR) is 142 cm³/mol. The molecule has 0 saturated heterocycles. The lowest BCUT2D eigenvalue weighted by molar-refractivity contribution is 0.127. The summed E-state index contributed by atoms with van der Waals surface area (Å²) in [4.78, 5) is 0. The van der Waals surface area contributed by atoms with Gasteiger partial charge in [-0.25, -0.2) is 8.78 Å². The van der Waals surface area contributed by atoms with Gasteiger partial charge in [0.15, 0.2) is 17.4 Å². The number of hydrogen-bond acceptors (Lipinski definition) is 3. The molecule has 0 aliphatic rings. The molecule has 0 saturated carbocycles. The molecule has 0 aromatic heterocycles. The van der Waals surface area contributed by atoms with Gasteiger partial charge in [0.2, 0.25) is 0 Å². The standard InChI is InChI=1S/C31H38F2O3/c1-6-23-18-24(12-15-29(23)36-21-31(7-2,8-3)9-4)25-19-27(32)30(28(33)20-25)35-17-16-34-26-13-10-22(5)11-14-26/h10-15,18-20H,6-9,16-17,21H2,1-5H3. The molecule has 0 aliphatic heterocycles. The molecule has 5 heteroatoms. The van der Waals surface area contributed by atoms with Crippen LogP contribution in [-0.2, 0) is 6.42 Å². The maximum absolute atomic E-state index is 14.8. The lowest BCUT2D eigenvalue weighted by Crippen LogP contribution is -2.26. The van der Waals surface area contributed by atoms with Crippen LogP contribution in [0.3, 0.4) is 0 Å². The Kier molecular flexibility index (Phi) is 9.74. The van der Waals surface area contributed by atoms with Gasteiger partial charge in [-0.15, -0.1) is 0 Å². The first kappa shape index (κ1) is 27.5. The highest BCUT2D eigenvalue weighted by molar-refractivity contribution is 5.67. The van der Waals surface area contributed by atoms with Crippen molar-refractivity contribution in [1.82, 2.24) is 0 Å². The topological polar surface area (TPSA) is 27.7 Å². The van der Waals surface area contributed by atoms with E-state index in [4.69, 9.17) is 14.2 Å². The van der Waals surface area contributed by atoms with Crippen LogP contribution in [0.4, 0.5) is 8.78 Å². The van der Waals surface area contributed by atoms with Crippen LogP contribution in [0.15, 0.2) is 54.6 Å². The third kappa shape index (κ3) is 6.77. The quantitative estimate of drug-likeness (QED) is 0.222. The number of benzene rings is 3. The summed E-state index contributed by atoms with van der Waals surface area (Å²) in [6, 6.07) is 15.9. The molecule has 0 bridgehead atoms. The Morgan fingerprint density at radius 2 is 1.31 bits per heavy atom. The van der Waals surface area contributed by atoms with Crippen molar-refractivity contribution in [2.24, 2.45) is 5.41 Å². The Labute approximate surface area is 214 Å². The van der Waals surface area contributed by atoms with Crippen molar-refractivity contribution >= 4 is 0 Å². The van der Waals surface area contributed by atoms with Crippen LogP contribution in [0, 0.1) is 24.0 Å². The van der Waals surface area contributed by atoms with Gasteiger partial charge in [0.25, 0.3) is 0 Å². The van der Waals surface area contributed by atoms with E-state index in [1.807, 2.05) is 49.4 Å². The molecule has 0 radical (unpaired) electrons.